The molecule has 0 saturated heterocycles. The normalized spacial score (nSPS) is 11.6. The molecule has 0 aliphatic heterocycles. The average molecular weight is 396 g/mol. The third-order valence-corrected chi connectivity index (χ3v) is 5.19. The molecule has 7 nitrogen and oxygen atoms in total. The van der Waals surface area contributed by atoms with Gasteiger partial charge in [-0.05, 0) is 41.8 Å². The number of hydrogen-bond acceptors (Lipinski definition) is 5. The number of allylic oxidation sites excluding steroid dienone is 1. The summed E-state index contributed by atoms with van der Waals surface area (Å²) in [4.78, 5) is 12.1. The van der Waals surface area contributed by atoms with Crippen molar-refractivity contribution in [2.75, 3.05) is 0 Å². The predicted molar refractivity (Wildman–Crippen MR) is 117 cm³/mol. The van der Waals surface area contributed by atoms with Crippen LogP contribution in [-0.2, 0) is 13.6 Å². The molecule has 2 aromatic heterocycles. The van der Waals surface area contributed by atoms with E-state index < -0.39 is 0 Å². The van der Waals surface area contributed by atoms with Crippen molar-refractivity contribution in [2.24, 2.45) is 12.8 Å². The molecule has 0 fully saturated rings. The first-order valence-electron chi connectivity index (χ1n) is 9.45. The zero-order chi connectivity index (χ0) is 21.3. The number of nitrogens with one attached hydrogen (secondary N) is 1. The highest BCUT2D eigenvalue weighted by atomic mass is 16.1. The van der Waals surface area contributed by atoms with Crippen molar-refractivity contribution in [2.45, 2.75) is 13.5 Å². The first-order chi connectivity index (χ1) is 14.5. The molecule has 0 unspecified atom stereocenters. The van der Waals surface area contributed by atoms with Gasteiger partial charge >= 0.3 is 0 Å². The minimum atomic E-state index is -0.258. The lowest BCUT2D eigenvalue weighted by atomic mass is 9.97. The van der Waals surface area contributed by atoms with Crippen LogP contribution in [-0.4, -0.2) is 20.0 Å². The Morgan fingerprint density at radius 1 is 1.27 bits per heavy atom. The second-order valence-electron chi connectivity index (χ2n) is 7.02. The fourth-order valence-electron chi connectivity index (χ4n) is 3.57. The van der Waals surface area contributed by atoms with E-state index >= 15 is 0 Å². The van der Waals surface area contributed by atoms with Crippen molar-refractivity contribution in [3.05, 3.63) is 81.5 Å². The number of H-pyrrole nitrogens is 1. The molecule has 0 atom stereocenters. The number of nitrogens with zero attached hydrogens (tertiary/aromatic N) is 4. The fraction of sp³-hybridized carbons (Fsp3) is 0.130. The molecule has 30 heavy (non-hydrogen) atoms. The summed E-state index contributed by atoms with van der Waals surface area (Å²) in [5, 5.41) is 22.0. The van der Waals surface area contributed by atoms with Crippen molar-refractivity contribution in [3.8, 4) is 17.2 Å². The van der Waals surface area contributed by atoms with Crippen LogP contribution in [0.1, 0.15) is 22.5 Å². The van der Waals surface area contributed by atoms with Crippen LogP contribution in [0.2, 0.25) is 0 Å². The highest BCUT2D eigenvalue weighted by Crippen LogP contribution is 2.30. The summed E-state index contributed by atoms with van der Waals surface area (Å²) in [7, 11) is 1.83. The molecule has 7 heteroatoms. The Balaban J connectivity index is 1.90. The second-order valence-corrected chi connectivity index (χ2v) is 7.02. The quantitative estimate of drug-likeness (QED) is 0.515. The number of hydrogen-bond donors (Lipinski definition) is 2. The van der Waals surface area contributed by atoms with Crippen LogP contribution in [0, 0.1) is 18.3 Å². The van der Waals surface area contributed by atoms with Gasteiger partial charge in [0.25, 0.3) is 5.56 Å². The maximum atomic E-state index is 12.1. The van der Waals surface area contributed by atoms with Gasteiger partial charge in [-0.1, -0.05) is 30.3 Å². The summed E-state index contributed by atoms with van der Waals surface area (Å²) >= 11 is 0. The molecule has 0 radical (unpaired) electrons. The molecule has 0 bridgehead atoms. The van der Waals surface area contributed by atoms with Gasteiger partial charge in [-0.15, -0.1) is 0 Å². The van der Waals surface area contributed by atoms with Gasteiger partial charge in [-0.2, -0.15) is 15.5 Å². The maximum Gasteiger partial charge on any atom is 0.272 e. The number of aromatic amines is 1. The van der Waals surface area contributed by atoms with Gasteiger partial charge in [-0.25, -0.2) is 5.10 Å². The fourth-order valence-corrected chi connectivity index (χ4v) is 3.57. The van der Waals surface area contributed by atoms with Gasteiger partial charge in [0, 0.05) is 24.5 Å². The van der Waals surface area contributed by atoms with Gasteiger partial charge in [0.15, 0.2) is 0 Å². The topological polar surface area (TPSA) is 113 Å². The Labute approximate surface area is 173 Å². The smallest absolute Gasteiger partial charge is 0.272 e. The third-order valence-electron chi connectivity index (χ3n) is 5.19. The molecular formula is C23H20N6O. The van der Waals surface area contributed by atoms with Crippen LogP contribution in [0.4, 0.5) is 0 Å². The van der Waals surface area contributed by atoms with E-state index in [0.717, 1.165) is 27.9 Å². The van der Waals surface area contributed by atoms with E-state index in [2.05, 4.69) is 21.4 Å². The lowest BCUT2D eigenvalue weighted by Gasteiger charge is -2.08. The molecule has 0 aliphatic rings. The molecule has 2 aromatic carbocycles. The molecule has 0 amide bonds. The standard InChI is InChI=1S/C23H20N6O/c1-14-5-3-4-6-17(14)16(11-24)10-22-20(13-26-29(22)2)15-7-8-18-19(9-15)21(12-25)27-28-23(18)30/h3-10,13H,12,25H2,1-2H3,(H,28,30)/b16-10+. The molecule has 0 saturated carbocycles. The van der Waals surface area contributed by atoms with Gasteiger partial charge in [-0.3, -0.25) is 9.48 Å². The van der Waals surface area contributed by atoms with E-state index in [9.17, 15) is 10.1 Å². The number of fused-ring (bicyclic) bond motifs is 1. The summed E-state index contributed by atoms with van der Waals surface area (Å²) in [6, 6.07) is 15.6. The van der Waals surface area contributed by atoms with Crippen LogP contribution in [0.25, 0.3) is 33.5 Å². The lowest BCUT2D eigenvalue weighted by molar-refractivity contribution is 0.760. The van der Waals surface area contributed by atoms with Crippen molar-refractivity contribution in [1.82, 2.24) is 20.0 Å². The zero-order valence-electron chi connectivity index (χ0n) is 16.7. The van der Waals surface area contributed by atoms with E-state index in [1.54, 1.807) is 16.9 Å². The highest BCUT2D eigenvalue weighted by Gasteiger charge is 2.14. The Bertz CT molecular complexity index is 1390. The Morgan fingerprint density at radius 3 is 2.80 bits per heavy atom. The van der Waals surface area contributed by atoms with E-state index in [1.807, 2.05) is 56.4 Å². The monoisotopic (exact) mass is 396 g/mol. The van der Waals surface area contributed by atoms with Crippen molar-refractivity contribution >= 4 is 22.4 Å². The number of nitrogens with two attached hydrogens (primary N) is 1. The van der Waals surface area contributed by atoms with Crippen LogP contribution in [0.15, 0.2) is 53.5 Å². The number of aryl methyl sites for hydroxylation is 2. The SMILES string of the molecule is Cc1ccccc1/C(C#N)=C/c1c(-c2ccc3c(=O)[nH]nc(CN)c3c2)cnn1C. The van der Waals surface area contributed by atoms with Crippen LogP contribution >= 0.6 is 0 Å². The molecular weight excluding hydrogens is 376 g/mol. The molecule has 0 aliphatic carbocycles. The minimum absolute atomic E-state index is 0.211. The number of aromatic nitrogens is 4. The lowest BCUT2D eigenvalue weighted by Crippen LogP contribution is -2.13. The molecule has 2 heterocycles. The first-order valence-corrected chi connectivity index (χ1v) is 9.45. The molecule has 4 aromatic rings. The molecule has 4 rings (SSSR count). The molecule has 148 valence electrons. The van der Waals surface area contributed by atoms with E-state index in [1.165, 1.54) is 0 Å². The van der Waals surface area contributed by atoms with Crippen molar-refractivity contribution in [3.63, 3.8) is 0 Å². The van der Waals surface area contributed by atoms with Gasteiger partial charge in [0.1, 0.15) is 0 Å². The van der Waals surface area contributed by atoms with Crippen LogP contribution < -0.4 is 11.3 Å². The Kier molecular flexibility index (Phi) is 5.00. The van der Waals surface area contributed by atoms with Gasteiger partial charge in [0.05, 0.1) is 34.6 Å². The number of benzene rings is 2. The first kappa shape index (κ1) is 19.3. The predicted octanol–water partition coefficient (Wildman–Crippen LogP) is 3.15. The third kappa shape index (κ3) is 3.30. The summed E-state index contributed by atoms with van der Waals surface area (Å²) in [5.74, 6) is 0. The summed E-state index contributed by atoms with van der Waals surface area (Å²) in [6.07, 6.45) is 3.59. The summed E-state index contributed by atoms with van der Waals surface area (Å²) in [6.45, 7) is 2.19. The second kappa shape index (κ2) is 7.78. The van der Waals surface area contributed by atoms with E-state index in [0.29, 0.717) is 22.0 Å². The maximum absolute atomic E-state index is 12.1. The number of rotatable bonds is 4. The van der Waals surface area contributed by atoms with Crippen molar-refractivity contribution in [1.29, 1.82) is 5.26 Å². The van der Waals surface area contributed by atoms with E-state index in [4.69, 9.17) is 5.73 Å². The molecule has 3 N–H and O–H groups in total. The largest absolute Gasteiger partial charge is 0.325 e. The van der Waals surface area contributed by atoms with Crippen LogP contribution in [0.5, 0.6) is 0 Å². The minimum Gasteiger partial charge on any atom is -0.325 e. The Hall–Kier alpha value is -4.02. The molecule has 0 spiro atoms. The highest BCUT2D eigenvalue weighted by molar-refractivity contribution is 5.94. The Morgan fingerprint density at radius 2 is 2.07 bits per heavy atom. The van der Waals surface area contributed by atoms with Crippen molar-refractivity contribution < 1.29 is 0 Å². The average Bonchev–Trinajstić information content (AvgIpc) is 3.13. The summed E-state index contributed by atoms with van der Waals surface area (Å²) in [5.41, 5.74) is 11.1. The van der Waals surface area contributed by atoms with E-state index in [-0.39, 0.29) is 12.1 Å². The van der Waals surface area contributed by atoms with Gasteiger partial charge in [0.2, 0.25) is 0 Å². The zero-order valence-corrected chi connectivity index (χ0v) is 16.7. The van der Waals surface area contributed by atoms with Crippen LogP contribution in [0.3, 0.4) is 0 Å². The number of nitriles is 1. The summed E-state index contributed by atoms with van der Waals surface area (Å²) < 4.78 is 1.73. The van der Waals surface area contributed by atoms with Gasteiger partial charge < -0.3 is 5.73 Å².